The maximum absolute atomic E-state index is 13.9. The van der Waals surface area contributed by atoms with Crippen molar-refractivity contribution in [2.75, 3.05) is 18.1 Å². The molecule has 1 unspecified atom stereocenters. The minimum atomic E-state index is -0.629. The average Bonchev–Trinajstić information content (AvgIpc) is 3.20. The lowest BCUT2D eigenvalue weighted by molar-refractivity contribution is 0.0230. The Balaban J connectivity index is 2.00. The SMILES string of the molecule is CCOC(=O)c1ccc(N(c2ccc(F)c(Cl)c2)C2CCCN2C(=O)OC(C)(C)C)cc1. The van der Waals surface area contributed by atoms with Gasteiger partial charge >= 0.3 is 12.1 Å². The molecule has 0 bridgehead atoms. The maximum atomic E-state index is 13.9. The van der Waals surface area contributed by atoms with Crippen LogP contribution in [0.25, 0.3) is 0 Å². The summed E-state index contributed by atoms with van der Waals surface area (Å²) in [6.07, 6.45) is 0.700. The number of carbonyl (C=O) groups excluding carboxylic acids is 2. The van der Waals surface area contributed by atoms with E-state index < -0.39 is 23.5 Å². The van der Waals surface area contributed by atoms with E-state index in [0.29, 0.717) is 24.2 Å². The number of carbonyl (C=O) groups is 2. The zero-order chi connectivity index (χ0) is 23.5. The summed E-state index contributed by atoms with van der Waals surface area (Å²) in [5.74, 6) is -0.935. The first-order valence-corrected chi connectivity index (χ1v) is 11.0. The second-order valence-corrected chi connectivity index (χ2v) is 8.94. The van der Waals surface area contributed by atoms with E-state index in [-0.39, 0.29) is 17.8 Å². The molecule has 0 radical (unpaired) electrons. The van der Waals surface area contributed by atoms with Crippen molar-refractivity contribution >= 4 is 35.0 Å². The molecule has 1 aliphatic heterocycles. The van der Waals surface area contributed by atoms with Gasteiger partial charge in [0.1, 0.15) is 17.6 Å². The Kier molecular flexibility index (Phi) is 7.29. The number of hydrogen-bond acceptors (Lipinski definition) is 5. The molecule has 0 spiro atoms. The number of likely N-dealkylation sites (tertiary alicyclic amines) is 1. The van der Waals surface area contributed by atoms with Crippen molar-refractivity contribution in [1.29, 1.82) is 0 Å². The number of nitrogens with zero attached hydrogens (tertiary/aromatic N) is 2. The molecule has 1 heterocycles. The molecule has 8 heteroatoms. The van der Waals surface area contributed by atoms with Gasteiger partial charge in [-0.1, -0.05) is 11.6 Å². The lowest BCUT2D eigenvalue weighted by Gasteiger charge is -2.37. The van der Waals surface area contributed by atoms with Crippen molar-refractivity contribution in [1.82, 2.24) is 4.90 Å². The predicted molar refractivity (Wildman–Crippen MR) is 122 cm³/mol. The Morgan fingerprint density at radius 1 is 1.16 bits per heavy atom. The summed E-state index contributed by atoms with van der Waals surface area (Å²) < 4.78 is 24.5. The van der Waals surface area contributed by atoms with Crippen LogP contribution < -0.4 is 4.90 Å². The Hall–Kier alpha value is -2.80. The lowest BCUT2D eigenvalue weighted by Crippen LogP contribution is -2.47. The van der Waals surface area contributed by atoms with Crippen LogP contribution in [0.4, 0.5) is 20.6 Å². The monoisotopic (exact) mass is 462 g/mol. The molecule has 32 heavy (non-hydrogen) atoms. The predicted octanol–water partition coefficient (Wildman–Crippen LogP) is 6.15. The van der Waals surface area contributed by atoms with Crippen LogP contribution in [-0.2, 0) is 9.47 Å². The van der Waals surface area contributed by atoms with Crippen LogP contribution in [0.3, 0.4) is 0 Å². The van der Waals surface area contributed by atoms with Gasteiger partial charge in [-0.3, -0.25) is 4.90 Å². The van der Waals surface area contributed by atoms with E-state index >= 15 is 0 Å². The molecule has 0 aromatic heterocycles. The third-order valence-corrected chi connectivity index (χ3v) is 5.27. The van der Waals surface area contributed by atoms with Crippen LogP contribution in [-0.4, -0.2) is 41.9 Å². The molecule has 1 aliphatic rings. The highest BCUT2D eigenvalue weighted by atomic mass is 35.5. The van der Waals surface area contributed by atoms with Crippen molar-refractivity contribution < 1.29 is 23.5 Å². The minimum Gasteiger partial charge on any atom is -0.462 e. The molecule has 1 fully saturated rings. The fourth-order valence-corrected chi connectivity index (χ4v) is 3.83. The van der Waals surface area contributed by atoms with Crippen LogP contribution in [0.1, 0.15) is 50.9 Å². The number of esters is 1. The summed E-state index contributed by atoms with van der Waals surface area (Å²) in [6, 6.07) is 11.3. The van der Waals surface area contributed by atoms with Crippen molar-refractivity contribution in [3.63, 3.8) is 0 Å². The molecule has 6 nitrogen and oxygen atoms in total. The molecule has 2 aromatic carbocycles. The highest BCUT2D eigenvalue weighted by Gasteiger charge is 2.37. The van der Waals surface area contributed by atoms with E-state index in [1.54, 1.807) is 42.2 Å². The highest BCUT2D eigenvalue weighted by Crippen LogP contribution is 2.36. The van der Waals surface area contributed by atoms with E-state index in [1.807, 2.05) is 25.7 Å². The number of rotatable bonds is 5. The molecule has 2 aromatic rings. The first-order valence-electron chi connectivity index (χ1n) is 10.6. The van der Waals surface area contributed by atoms with E-state index in [1.165, 1.54) is 12.1 Å². The Morgan fingerprint density at radius 3 is 2.41 bits per heavy atom. The van der Waals surface area contributed by atoms with Crippen LogP contribution in [0.5, 0.6) is 0 Å². The van der Waals surface area contributed by atoms with Crippen molar-refractivity contribution in [3.05, 3.63) is 58.9 Å². The van der Waals surface area contributed by atoms with Crippen LogP contribution >= 0.6 is 11.6 Å². The molecule has 3 rings (SSSR count). The molecule has 1 amide bonds. The van der Waals surface area contributed by atoms with Gasteiger partial charge in [-0.25, -0.2) is 14.0 Å². The standard InChI is InChI=1S/C24H28ClFN2O4/c1-5-31-22(29)16-8-10-17(11-9-16)28(18-12-13-20(26)19(25)15-18)21-7-6-14-27(21)23(30)32-24(2,3)4/h8-13,15,21H,5-7,14H2,1-4H3. The summed E-state index contributed by atoms with van der Waals surface area (Å²) in [5.41, 5.74) is 1.14. The van der Waals surface area contributed by atoms with Gasteiger partial charge in [0, 0.05) is 17.9 Å². The molecule has 172 valence electrons. The van der Waals surface area contributed by atoms with Gasteiger partial charge in [-0.15, -0.1) is 0 Å². The Morgan fingerprint density at radius 2 is 1.81 bits per heavy atom. The van der Waals surface area contributed by atoms with E-state index in [9.17, 15) is 14.0 Å². The van der Waals surface area contributed by atoms with Gasteiger partial charge in [0.2, 0.25) is 0 Å². The zero-order valence-corrected chi connectivity index (χ0v) is 19.5. The largest absolute Gasteiger partial charge is 0.462 e. The zero-order valence-electron chi connectivity index (χ0n) is 18.7. The summed E-state index contributed by atoms with van der Waals surface area (Å²) >= 11 is 6.07. The third-order valence-electron chi connectivity index (χ3n) is 4.99. The molecular formula is C24H28ClFN2O4. The quantitative estimate of drug-likeness (QED) is 0.498. The maximum Gasteiger partial charge on any atom is 0.411 e. The van der Waals surface area contributed by atoms with Crippen LogP contribution in [0, 0.1) is 5.82 Å². The first-order chi connectivity index (χ1) is 15.1. The van der Waals surface area contributed by atoms with Crippen molar-refractivity contribution in [3.8, 4) is 0 Å². The van der Waals surface area contributed by atoms with Crippen molar-refractivity contribution in [2.24, 2.45) is 0 Å². The molecule has 1 saturated heterocycles. The number of amides is 1. The summed E-state index contributed by atoms with van der Waals surface area (Å²) in [6.45, 7) is 8.03. The normalized spacial score (nSPS) is 16.1. The fourth-order valence-electron chi connectivity index (χ4n) is 3.65. The Labute approximate surface area is 192 Å². The molecule has 1 atom stereocenters. The smallest absolute Gasteiger partial charge is 0.411 e. The van der Waals surface area contributed by atoms with Gasteiger partial charge in [0.15, 0.2) is 0 Å². The summed E-state index contributed by atoms with van der Waals surface area (Å²) in [5, 5.41) is -0.0162. The lowest BCUT2D eigenvalue weighted by atomic mass is 10.1. The van der Waals surface area contributed by atoms with Gasteiger partial charge in [0.05, 0.1) is 17.2 Å². The average molecular weight is 463 g/mol. The second kappa shape index (κ2) is 9.77. The highest BCUT2D eigenvalue weighted by molar-refractivity contribution is 6.31. The molecule has 0 aliphatic carbocycles. The van der Waals surface area contributed by atoms with Crippen LogP contribution in [0.2, 0.25) is 5.02 Å². The Bertz CT molecular complexity index is 975. The first kappa shape index (κ1) is 23.9. The van der Waals surface area contributed by atoms with Gasteiger partial charge < -0.3 is 14.4 Å². The number of halogens is 2. The fraction of sp³-hybridized carbons (Fsp3) is 0.417. The minimum absolute atomic E-state index is 0.0162. The van der Waals surface area contributed by atoms with E-state index in [2.05, 4.69) is 0 Å². The van der Waals surface area contributed by atoms with Gasteiger partial charge in [-0.05, 0) is 83.0 Å². The third kappa shape index (κ3) is 5.51. The molecule has 0 saturated carbocycles. The van der Waals surface area contributed by atoms with Gasteiger partial charge in [-0.2, -0.15) is 0 Å². The van der Waals surface area contributed by atoms with Gasteiger partial charge in [0.25, 0.3) is 0 Å². The van der Waals surface area contributed by atoms with E-state index in [0.717, 1.165) is 12.1 Å². The van der Waals surface area contributed by atoms with Crippen LogP contribution in [0.15, 0.2) is 42.5 Å². The number of ether oxygens (including phenoxy) is 2. The molecular weight excluding hydrogens is 435 g/mol. The summed E-state index contributed by atoms with van der Waals surface area (Å²) in [4.78, 5) is 28.5. The van der Waals surface area contributed by atoms with Crippen molar-refractivity contribution in [2.45, 2.75) is 52.3 Å². The summed E-state index contributed by atoms with van der Waals surface area (Å²) in [7, 11) is 0. The topological polar surface area (TPSA) is 59.1 Å². The number of anilines is 2. The molecule has 0 N–H and O–H groups in total. The number of benzene rings is 2. The number of hydrogen-bond donors (Lipinski definition) is 0. The van der Waals surface area contributed by atoms with E-state index in [4.69, 9.17) is 21.1 Å². The second-order valence-electron chi connectivity index (χ2n) is 8.53.